The van der Waals surface area contributed by atoms with Crippen LogP contribution in [0, 0.1) is 17.7 Å². The van der Waals surface area contributed by atoms with E-state index >= 15 is 0 Å². The zero-order valence-corrected chi connectivity index (χ0v) is 22.9. The molecule has 1 aromatic heterocycles. The molecule has 0 radical (unpaired) electrons. The van der Waals surface area contributed by atoms with Gasteiger partial charge in [0, 0.05) is 23.8 Å². The lowest BCUT2D eigenvalue weighted by molar-refractivity contribution is -0.146. The quantitative estimate of drug-likeness (QED) is 0.366. The van der Waals surface area contributed by atoms with Crippen molar-refractivity contribution in [3.8, 4) is 0 Å². The van der Waals surface area contributed by atoms with Gasteiger partial charge < -0.3 is 4.74 Å². The smallest absolute Gasteiger partial charge is 0.324 e. The Balaban J connectivity index is 1.77. The molecule has 0 saturated heterocycles. The highest BCUT2D eigenvalue weighted by molar-refractivity contribution is 9.10. The molecule has 0 N–H and O–H groups in total. The summed E-state index contributed by atoms with van der Waals surface area (Å²) in [6, 6.07) is 2.36. The van der Waals surface area contributed by atoms with Crippen LogP contribution in [0.5, 0.6) is 0 Å². The molecule has 35 heavy (non-hydrogen) atoms. The normalized spacial score (nSPS) is 16.1. The fourth-order valence-corrected chi connectivity index (χ4v) is 7.42. The number of aromatic nitrogens is 3. The lowest BCUT2D eigenvalue weighted by Gasteiger charge is -2.31. The number of rotatable bonds is 11. The standard InChI is InChI=1S/C24H34BrFN4O4S/c1-17(2)23(24(31)34-3)30(35(32,33)22-12-11-19(26)14-21(22)25)13-7-10-20-16-29(28-27-20)15-18-8-5-4-6-9-18/h11-12,14,16-18,23H,4-10,13,15H2,1-3H3/t23-/m0/s1. The predicted octanol–water partition coefficient (Wildman–Crippen LogP) is 4.58. The number of ether oxygens (including phenoxy) is 1. The third kappa shape index (κ3) is 7.10. The van der Waals surface area contributed by atoms with E-state index < -0.39 is 27.9 Å². The van der Waals surface area contributed by atoms with Crippen LogP contribution in [0.2, 0.25) is 0 Å². The Labute approximate surface area is 215 Å². The molecule has 1 fully saturated rings. The minimum Gasteiger partial charge on any atom is -0.468 e. The highest BCUT2D eigenvalue weighted by atomic mass is 79.9. The van der Waals surface area contributed by atoms with Crippen molar-refractivity contribution in [1.29, 1.82) is 0 Å². The zero-order chi connectivity index (χ0) is 25.6. The molecule has 1 heterocycles. The van der Waals surface area contributed by atoms with E-state index in [1.54, 1.807) is 13.8 Å². The molecule has 1 aromatic carbocycles. The number of methoxy groups -OCH3 is 1. The summed E-state index contributed by atoms with van der Waals surface area (Å²) in [4.78, 5) is 12.5. The Morgan fingerprint density at radius 2 is 2.00 bits per heavy atom. The molecule has 194 valence electrons. The number of sulfonamides is 1. The van der Waals surface area contributed by atoms with Gasteiger partial charge in [0.25, 0.3) is 0 Å². The number of nitrogens with zero attached hydrogens (tertiary/aromatic N) is 4. The predicted molar refractivity (Wildman–Crippen MR) is 134 cm³/mol. The average Bonchev–Trinajstić information content (AvgIpc) is 3.25. The fourth-order valence-electron chi connectivity index (χ4n) is 4.66. The van der Waals surface area contributed by atoms with Crippen LogP contribution in [0.25, 0.3) is 0 Å². The van der Waals surface area contributed by atoms with Crippen LogP contribution < -0.4 is 0 Å². The van der Waals surface area contributed by atoms with Gasteiger partial charge in [0.15, 0.2) is 0 Å². The molecule has 3 rings (SSSR count). The van der Waals surface area contributed by atoms with Crippen molar-refractivity contribution in [3.63, 3.8) is 0 Å². The first-order valence-electron chi connectivity index (χ1n) is 12.1. The molecule has 1 atom stereocenters. The number of hydrogen-bond acceptors (Lipinski definition) is 6. The van der Waals surface area contributed by atoms with E-state index in [9.17, 15) is 17.6 Å². The summed E-state index contributed by atoms with van der Waals surface area (Å²) in [5.41, 5.74) is 0.778. The van der Waals surface area contributed by atoms with E-state index in [1.165, 1.54) is 45.3 Å². The monoisotopic (exact) mass is 572 g/mol. The van der Waals surface area contributed by atoms with Crippen LogP contribution in [0.15, 0.2) is 33.8 Å². The number of carbonyl (C=O) groups excluding carboxylic acids is 1. The number of esters is 1. The number of hydrogen-bond donors (Lipinski definition) is 0. The SMILES string of the molecule is COC(=O)[C@H](C(C)C)N(CCCc1cn(CC2CCCCC2)nn1)S(=O)(=O)c1ccc(F)cc1Br. The average molecular weight is 574 g/mol. The Bertz CT molecular complexity index is 1100. The van der Waals surface area contributed by atoms with E-state index in [4.69, 9.17) is 4.74 Å². The van der Waals surface area contributed by atoms with Crippen molar-refractivity contribution in [3.05, 3.63) is 40.4 Å². The molecule has 11 heteroatoms. The molecule has 0 aliphatic heterocycles. The molecular weight excluding hydrogens is 539 g/mol. The maximum atomic E-state index is 13.6. The highest BCUT2D eigenvalue weighted by Crippen LogP contribution is 2.30. The number of benzene rings is 1. The van der Waals surface area contributed by atoms with Crippen molar-refractivity contribution in [2.24, 2.45) is 11.8 Å². The lowest BCUT2D eigenvalue weighted by Crippen LogP contribution is -2.49. The molecule has 1 aliphatic carbocycles. The third-order valence-electron chi connectivity index (χ3n) is 6.43. The summed E-state index contributed by atoms with van der Waals surface area (Å²) in [5.74, 6) is -0.917. The topological polar surface area (TPSA) is 94.4 Å². The maximum Gasteiger partial charge on any atom is 0.324 e. The van der Waals surface area contributed by atoms with Gasteiger partial charge in [0.1, 0.15) is 11.9 Å². The van der Waals surface area contributed by atoms with Crippen LogP contribution in [0.1, 0.15) is 58.1 Å². The van der Waals surface area contributed by atoms with Crippen molar-refractivity contribution >= 4 is 31.9 Å². The fraction of sp³-hybridized carbons (Fsp3) is 0.625. The molecule has 1 saturated carbocycles. The Kier molecular flexibility index (Phi) is 9.83. The number of aryl methyl sites for hydroxylation is 1. The van der Waals surface area contributed by atoms with E-state index in [0.29, 0.717) is 18.8 Å². The summed E-state index contributed by atoms with van der Waals surface area (Å²) in [6.45, 7) is 4.45. The van der Waals surface area contributed by atoms with Crippen molar-refractivity contribution in [2.75, 3.05) is 13.7 Å². The van der Waals surface area contributed by atoms with E-state index in [2.05, 4.69) is 26.2 Å². The molecule has 8 nitrogen and oxygen atoms in total. The van der Waals surface area contributed by atoms with E-state index in [-0.39, 0.29) is 21.8 Å². The van der Waals surface area contributed by atoms with Gasteiger partial charge in [-0.15, -0.1) is 5.10 Å². The van der Waals surface area contributed by atoms with Crippen LogP contribution >= 0.6 is 15.9 Å². The van der Waals surface area contributed by atoms with E-state index in [0.717, 1.165) is 28.7 Å². The summed E-state index contributed by atoms with van der Waals surface area (Å²) in [7, 11) is -2.90. The second-order valence-electron chi connectivity index (χ2n) is 9.44. The summed E-state index contributed by atoms with van der Waals surface area (Å²) in [5, 5.41) is 8.51. The minimum absolute atomic E-state index is 0.0690. The maximum absolute atomic E-state index is 13.6. The molecule has 1 aliphatic rings. The molecular formula is C24H34BrFN4O4S. The second kappa shape index (κ2) is 12.4. The van der Waals surface area contributed by atoms with Gasteiger partial charge in [-0.3, -0.25) is 9.48 Å². The summed E-state index contributed by atoms with van der Waals surface area (Å²) < 4.78 is 49.0. The Morgan fingerprint density at radius 1 is 1.29 bits per heavy atom. The van der Waals surface area contributed by atoms with Crippen LogP contribution in [-0.2, 0) is 32.5 Å². The van der Waals surface area contributed by atoms with Gasteiger partial charge >= 0.3 is 5.97 Å². The first-order valence-corrected chi connectivity index (χ1v) is 14.3. The van der Waals surface area contributed by atoms with E-state index in [1.807, 2.05) is 10.9 Å². The molecule has 2 aromatic rings. The zero-order valence-electron chi connectivity index (χ0n) is 20.5. The van der Waals surface area contributed by atoms with Gasteiger partial charge in [-0.1, -0.05) is 38.3 Å². The minimum atomic E-state index is -4.14. The first kappa shape index (κ1) is 27.7. The van der Waals surface area contributed by atoms with Crippen LogP contribution in [0.4, 0.5) is 4.39 Å². The van der Waals surface area contributed by atoms with Crippen molar-refractivity contribution < 1.29 is 22.3 Å². The Hall–Kier alpha value is -1.85. The Morgan fingerprint density at radius 3 is 2.63 bits per heavy atom. The van der Waals surface area contributed by atoms with Crippen LogP contribution in [0.3, 0.4) is 0 Å². The molecule has 0 bridgehead atoms. The first-order chi connectivity index (χ1) is 16.6. The number of carbonyl (C=O) groups is 1. The van der Waals surface area contributed by atoms with Gasteiger partial charge in [-0.25, -0.2) is 12.8 Å². The van der Waals surface area contributed by atoms with Gasteiger partial charge in [0.2, 0.25) is 10.0 Å². The summed E-state index contributed by atoms with van der Waals surface area (Å²) in [6.07, 6.45) is 9.11. The van der Waals surface area contributed by atoms with Crippen molar-refractivity contribution in [2.45, 2.75) is 76.3 Å². The third-order valence-corrected chi connectivity index (χ3v) is 9.29. The summed E-state index contributed by atoms with van der Waals surface area (Å²) >= 11 is 3.16. The van der Waals surface area contributed by atoms with Gasteiger partial charge in [0.05, 0.1) is 17.7 Å². The largest absolute Gasteiger partial charge is 0.468 e. The highest BCUT2D eigenvalue weighted by Gasteiger charge is 2.39. The molecule has 0 spiro atoms. The van der Waals surface area contributed by atoms with Gasteiger partial charge in [-0.2, -0.15) is 4.31 Å². The van der Waals surface area contributed by atoms with Crippen molar-refractivity contribution in [1.82, 2.24) is 19.3 Å². The lowest BCUT2D eigenvalue weighted by atomic mass is 9.89. The van der Waals surface area contributed by atoms with Gasteiger partial charge in [-0.05, 0) is 71.6 Å². The molecule has 0 amide bonds. The second-order valence-corrected chi connectivity index (χ2v) is 12.2. The van der Waals surface area contributed by atoms with Crippen LogP contribution in [-0.4, -0.2) is 53.4 Å². The molecule has 0 unspecified atom stereocenters. The number of halogens is 2.